The van der Waals surface area contributed by atoms with Gasteiger partial charge in [0.2, 0.25) is 17.6 Å². The number of likely N-dealkylation sites (N-methyl/N-ethyl adjacent to an activating group) is 1. The summed E-state index contributed by atoms with van der Waals surface area (Å²) in [6.07, 6.45) is 0. The zero-order valence-corrected chi connectivity index (χ0v) is 15.4. The zero-order valence-electron chi connectivity index (χ0n) is 13.0. The van der Waals surface area contributed by atoms with Gasteiger partial charge >= 0.3 is 0 Å². The van der Waals surface area contributed by atoms with E-state index in [0.717, 1.165) is 4.70 Å². The topological polar surface area (TPSA) is 75.2 Å². The van der Waals surface area contributed by atoms with E-state index in [-0.39, 0.29) is 36.6 Å². The molecule has 0 aromatic carbocycles. The molecule has 0 aliphatic rings. The van der Waals surface area contributed by atoms with Gasteiger partial charge in [0.25, 0.3) is 0 Å². The number of ketones is 1. The van der Waals surface area contributed by atoms with Crippen LogP contribution < -0.4 is 5.32 Å². The standard InChI is InChI=1S/C15H14N4O2S2.ClH/c1-19(2)8-11(20)17-15-16-9-5-7-23-14(9)12(18-15)13(21)10-4-3-6-22-10;/h3-7H,8H2,1-2H3,(H,16,17,18,20);1H. The van der Waals surface area contributed by atoms with Crippen LogP contribution in [0.15, 0.2) is 29.0 Å². The molecule has 0 fully saturated rings. The first-order valence-electron chi connectivity index (χ1n) is 6.82. The van der Waals surface area contributed by atoms with Gasteiger partial charge in [-0.3, -0.25) is 14.9 Å². The Morgan fingerprint density at radius 1 is 1.17 bits per heavy atom. The summed E-state index contributed by atoms with van der Waals surface area (Å²) in [4.78, 5) is 35.5. The van der Waals surface area contributed by atoms with E-state index >= 15 is 0 Å². The summed E-state index contributed by atoms with van der Waals surface area (Å²) < 4.78 is 0.731. The Bertz CT molecular complexity index is 862. The number of carbonyl (C=O) groups is 2. The predicted octanol–water partition coefficient (Wildman–Crippen LogP) is 2.91. The van der Waals surface area contributed by atoms with Crippen molar-refractivity contribution in [3.63, 3.8) is 0 Å². The first-order valence-corrected chi connectivity index (χ1v) is 8.58. The van der Waals surface area contributed by atoms with Crippen LogP contribution in [0.4, 0.5) is 5.95 Å². The highest BCUT2D eigenvalue weighted by atomic mass is 35.5. The van der Waals surface area contributed by atoms with Crippen LogP contribution in [-0.4, -0.2) is 47.2 Å². The van der Waals surface area contributed by atoms with Gasteiger partial charge in [0.05, 0.1) is 21.6 Å². The van der Waals surface area contributed by atoms with E-state index in [4.69, 9.17) is 0 Å². The number of carbonyl (C=O) groups excluding carboxylic acids is 2. The molecule has 0 saturated carbocycles. The quantitative estimate of drug-likeness (QED) is 0.687. The van der Waals surface area contributed by atoms with Crippen molar-refractivity contribution in [3.05, 3.63) is 39.5 Å². The van der Waals surface area contributed by atoms with Gasteiger partial charge in [-0.2, -0.15) is 0 Å². The number of anilines is 1. The fraction of sp³-hybridized carbons (Fsp3) is 0.200. The highest BCUT2D eigenvalue weighted by Crippen LogP contribution is 2.26. The molecule has 0 saturated heterocycles. The number of rotatable bonds is 5. The summed E-state index contributed by atoms with van der Waals surface area (Å²) in [5, 5.41) is 6.35. The van der Waals surface area contributed by atoms with Crippen molar-refractivity contribution >= 4 is 62.9 Å². The Morgan fingerprint density at radius 3 is 2.62 bits per heavy atom. The molecule has 9 heteroatoms. The van der Waals surface area contributed by atoms with Gasteiger partial charge in [0, 0.05) is 0 Å². The summed E-state index contributed by atoms with van der Waals surface area (Å²) in [6, 6.07) is 5.40. The van der Waals surface area contributed by atoms with Gasteiger partial charge < -0.3 is 4.90 Å². The van der Waals surface area contributed by atoms with E-state index < -0.39 is 0 Å². The lowest BCUT2D eigenvalue weighted by Gasteiger charge is -2.10. The third-order valence-electron chi connectivity index (χ3n) is 2.97. The highest BCUT2D eigenvalue weighted by Gasteiger charge is 2.19. The second-order valence-corrected chi connectivity index (χ2v) is 6.99. The van der Waals surface area contributed by atoms with Crippen molar-refractivity contribution < 1.29 is 9.59 Å². The Balaban J connectivity index is 0.00000208. The maximum absolute atomic E-state index is 12.6. The van der Waals surface area contributed by atoms with Crippen molar-refractivity contribution in [2.45, 2.75) is 0 Å². The molecule has 24 heavy (non-hydrogen) atoms. The summed E-state index contributed by atoms with van der Waals surface area (Å²) in [5.74, 6) is -0.222. The fourth-order valence-electron chi connectivity index (χ4n) is 2.05. The third-order valence-corrected chi connectivity index (χ3v) is 4.75. The molecule has 0 radical (unpaired) electrons. The van der Waals surface area contributed by atoms with E-state index in [1.165, 1.54) is 22.7 Å². The average Bonchev–Trinajstić information content (AvgIpc) is 3.15. The van der Waals surface area contributed by atoms with Crippen LogP contribution in [0.5, 0.6) is 0 Å². The van der Waals surface area contributed by atoms with Crippen LogP contribution in [0.1, 0.15) is 15.4 Å². The van der Waals surface area contributed by atoms with Gasteiger partial charge in [0.1, 0.15) is 5.69 Å². The van der Waals surface area contributed by atoms with Crippen LogP contribution in [0.3, 0.4) is 0 Å². The molecule has 3 rings (SSSR count). The van der Waals surface area contributed by atoms with Crippen LogP contribution >= 0.6 is 35.1 Å². The SMILES string of the molecule is CN(C)CC(=O)Nc1nc(C(=O)c2cccs2)c2sccc2n1.Cl. The molecule has 3 heterocycles. The molecule has 0 aliphatic heterocycles. The largest absolute Gasteiger partial charge is 0.301 e. The van der Waals surface area contributed by atoms with E-state index in [9.17, 15) is 9.59 Å². The molecule has 0 unspecified atom stereocenters. The van der Waals surface area contributed by atoms with E-state index in [2.05, 4.69) is 15.3 Å². The zero-order chi connectivity index (χ0) is 16.4. The number of thiophene rings is 2. The average molecular weight is 383 g/mol. The summed E-state index contributed by atoms with van der Waals surface area (Å²) >= 11 is 2.78. The minimum atomic E-state index is -0.223. The van der Waals surface area contributed by atoms with Gasteiger partial charge in [-0.25, -0.2) is 9.97 Å². The van der Waals surface area contributed by atoms with E-state index in [1.807, 2.05) is 22.9 Å². The third kappa shape index (κ3) is 3.96. The second-order valence-electron chi connectivity index (χ2n) is 5.12. The van der Waals surface area contributed by atoms with Gasteiger partial charge in [-0.1, -0.05) is 6.07 Å². The number of fused-ring (bicyclic) bond motifs is 1. The van der Waals surface area contributed by atoms with Crippen molar-refractivity contribution in [2.75, 3.05) is 26.0 Å². The first-order chi connectivity index (χ1) is 11.0. The Kier molecular flexibility index (Phi) is 6.00. The molecule has 0 spiro atoms. The van der Waals surface area contributed by atoms with Crippen LogP contribution in [0.25, 0.3) is 10.2 Å². The van der Waals surface area contributed by atoms with Crippen molar-refractivity contribution in [1.82, 2.24) is 14.9 Å². The molecule has 3 aromatic heterocycles. The summed E-state index contributed by atoms with van der Waals surface area (Å²) in [6.45, 7) is 0.221. The minimum Gasteiger partial charge on any atom is -0.301 e. The Labute approximate surface area is 153 Å². The first kappa shape index (κ1) is 18.5. The molecular formula is C15H15ClN4O2S2. The maximum atomic E-state index is 12.6. The van der Waals surface area contributed by atoms with Crippen molar-refractivity contribution in [3.8, 4) is 0 Å². The monoisotopic (exact) mass is 382 g/mol. The summed E-state index contributed by atoms with van der Waals surface area (Å²) in [7, 11) is 3.60. The van der Waals surface area contributed by atoms with Crippen LogP contribution in [0, 0.1) is 0 Å². The van der Waals surface area contributed by atoms with Crippen LogP contribution in [-0.2, 0) is 4.79 Å². The molecule has 126 valence electrons. The van der Waals surface area contributed by atoms with Crippen molar-refractivity contribution in [1.29, 1.82) is 0 Å². The van der Waals surface area contributed by atoms with E-state index in [0.29, 0.717) is 16.1 Å². The predicted molar refractivity (Wildman–Crippen MR) is 99.6 cm³/mol. The molecule has 6 nitrogen and oxygen atoms in total. The molecule has 0 bridgehead atoms. The van der Waals surface area contributed by atoms with Gasteiger partial charge in [-0.05, 0) is 37.0 Å². The lowest BCUT2D eigenvalue weighted by molar-refractivity contribution is -0.116. The van der Waals surface area contributed by atoms with Gasteiger partial charge in [-0.15, -0.1) is 35.1 Å². The normalized spacial score (nSPS) is 10.6. The Morgan fingerprint density at radius 2 is 1.96 bits per heavy atom. The number of nitrogens with one attached hydrogen (secondary N) is 1. The second kappa shape index (κ2) is 7.80. The number of hydrogen-bond acceptors (Lipinski definition) is 7. The molecular weight excluding hydrogens is 368 g/mol. The molecule has 1 N–H and O–H groups in total. The smallest absolute Gasteiger partial charge is 0.240 e. The number of nitrogens with zero attached hydrogens (tertiary/aromatic N) is 3. The maximum Gasteiger partial charge on any atom is 0.240 e. The number of halogens is 1. The van der Waals surface area contributed by atoms with E-state index in [1.54, 1.807) is 25.1 Å². The lowest BCUT2D eigenvalue weighted by atomic mass is 10.2. The number of amides is 1. The fourth-order valence-corrected chi connectivity index (χ4v) is 3.53. The summed E-state index contributed by atoms with van der Waals surface area (Å²) in [5.41, 5.74) is 0.984. The minimum absolute atomic E-state index is 0. The highest BCUT2D eigenvalue weighted by molar-refractivity contribution is 7.17. The number of hydrogen-bond donors (Lipinski definition) is 1. The lowest BCUT2D eigenvalue weighted by Crippen LogP contribution is -2.28. The molecule has 1 amide bonds. The molecule has 0 aliphatic carbocycles. The number of aromatic nitrogens is 2. The van der Waals surface area contributed by atoms with Crippen LogP contribution in [0.2, 0.25) is 0 Å². The van der Waals surface area contributed by atoms with Crippen molar-refractivity contribution in [2.24, 2.45) is 0 Å². The Hall–Kier alpha value is -1.87. The molecule has 0 atom stereocenters. The molecule has 3 aromatic rings. The van der Waals surface area contributed by atoms with Gasteiger partial charge in [0.15, 0.2) is 0 Å².